The quantitative estimate of drug-likeness (QED) is 0.340. The van der Waals surface area contributed by atoms with Crippen LogP contribution >= 0.6 is 0 Å². The summed E-state index contributed by atoms with van der Waals surface area (Å²) >= 11 is 0. The molecule has 0 bridgehead atoms. The highest BCUT2D eigenvalue weighted by Gasteiger charge is 2.23. The lowest BCUT2D eigenvalue weighted by Crippen LogP contribution is -2.36. The molecule has 7 nitrogen and oxygen atoms in total. The average molecular weight is 550 g/mol. The number of fused-ring (bicyclic) bond motifs is 1. The third kappa shape index (κ3) is 7.30. The van der Waals surface area contributed by atoms with Crippen molar-refractivity contribution in [3.8, 4) is 17.0 Å². The van der Waals surface area contributed by atoms with Crippen LogP contribution in [0.3, 0.4) is 0 Å². The van der Waals surface area contributed by atoms with E-state index in [1.54, 1.807) is 6.20 Å². The van der Waals surface area contributed by atoms with Gasteiger partial charge in [-0.2, -0.15) is 0 Å². The zero-order chi connectivity index (χ0) is 28.6. The summed E-state index contributed by atoms with van der Waals surface area (Å²) in [7, 11) is 2.18. The summed E-state index contributed by atoms with van der Waals surface area (Å²) in [4.78, 5) is 27.0. The summed E-state index contributed by atoms with van der Waals surface area (Å²) in [6, 6.07) is 26.7. The van der Waals surface area contributed by atoms with E-state index in [0.717, 1.165) is 49.2 Å². The molecule has 2 N–H and O–H groups in total. The van der Waals surface area contributed by atoms with Crippen LogP contribution in [0, 0.1) is 6.92 Å². The lowest BCUT2D eigenvalue weighted by molar-refractivity contribution is 0.0724. The number of carbonyl (C=O) groups excluding carboxylic acids is 1. The number of nitrogen functional groups attached to an aromatic ring is 1. The molecule has 41 heavy (non-hydrogen) atoms. The number of nitrogens with two attached hydrogens (primary N) is 1. The number of carbonyl (C=O) groups is 1. The molecule has 0 saturated carbocycles. The van der Waals surface area contributed by atoms with Crippen LogP contribution in [-0.4, -0.2) is 59.0 Å². The molecule has 212 valence electrons. The Balaban J connectivity index is 1.44. The minimum atomic E-state index is -0.111. The van der Waals surface area contributed by atoms with Gasteiger partial charge in [0.15, 0.2) is 0 Å². The smallest absolute Gasteiger partial charge is 0.257 e. The third-order valence-corrected chi connectivity index (χ3v) is 7.76. The maximum absolute atomic E-state index is 14.1. The number of aromatic nitrogens is 2. The number of hydrogen-bond acceptors (Lipinski definition) is 6. The first-order chi connectivity index (χ1) is 20.0. The molecule has 0 aliphatic carbocycles. The minimum Gasteiger partial charge on any atom is -0.491 e. The Bertz CT molecular complexity index is 1440. The fourth-order valence-electron chi connectivity index (χ4n) is 5.57. The molecule has 0 radical (unpaired) electrons. The predicted molar refractivity (Wildman–Crippen MR) is 164 cm³/mol. The lowest BCUT2D eigenvalue weighted by Gasteiger charge is -2.27. The Hall–Kier alpha value is -4.23. The fraction of sp³-hybridized carbons (Fsp3) is 0.324. The van der Waals surface area contributed by atoms with E-state index in [9.17, 15) is 4.79 Å². The van der Waals surface area contributed by atoms with E-state index in [4.69, 9.17) is 10.5 Å². The summed E-state index contributed by atoms with van der Waals surface area (Å²) in [6.07, 6.45) is 4.46. The van der Waals surface area contributed by atoms with E-state index < -0.39 is 0 Å². The normalized spacial score (nSPS) is 17.2. The van der Waals surface area contributed by atoms with Gasteiger partial charge in [0.2, 0.25) is 5.95 Å². The van der Waals surface area contributed by atoms with Crippen LogP contribution in [0.25, 0.3) is 11.3 Å². The van der Waals surface area contributed by atoms with Crippen molar-refractivity contribution in [3.63, 3.8) is 0 Å². The third-order valence-electron chi connectivity index (χ3n) is 7.76. The summed E-state index contributed by atoms with van der Waals surface area (Å²) in [5, 5.41) is 0. The maximum atomic E-state index is 14.1. The van der Waals surface area contributed by atoms with E-state index in [2.05, 4.69) is 71.3 Å². The molecule has 3 aromatic carbocycles. The highest BCUT2D eigenvalue weighted by Crippen LogP contribution is 2.28. The van der Waals surface area contributed by atoms with Gasteiger partial charge in [-0.25, -0.2) is 9.97 Å². The lowest BCUT2D eigenvalue weighted by atomic mass is 9.90. The van der Waals surface area contributed by atoms with E-state index in [1.165, 1.54) is 11.1 Å². The molecule has 0 fully saturated rings. The molecule has 2 heterocycles. The first kappa shape index (κ1) is 28.3. The Morgan fingerprint density at radius 3 is 2.49 bits per heavy atom. The van der Waals surface area contributed by atoms with E-state index in [0.29, 0.717) is 36.9 Å². The SMILES string of the molecule is Cc1ccc2c(c1)CN(C)CCC(c1ccccc1)CCCN(C(=O)c1cnc(N)nc1-c1ccccc1)CCO2. The van der Waals surface area contributed by atoms with Crippen molar-refractivity contribution in [2.75, 3.05) is 39.0 Å². The zero-order valence-corrected chi connectivity index (χ0v) is 24.0. The Morgan fingerprint density at radius 1 is 0.951 bits per heavy atom. The van der Waals surface area contributed by atoms with E-state index >= 15 is 0 Å². The molecule has 0 spiro atoms. The van der Waals surface area contributed by atoms with Crippen molar-refractivity contribution in [1.29, 1.82) is 0 Å². The average Bonchev–Trinajstić information content (AvgIpc) is 2.99. The number of ether oxygens (including phenoxy) is 1. The second-order valence-electron chi connectivity index (χ2n) is 10.9. The summed E-state index contributed by atoms with van der Waals surface area (Å²) in [5.74, 6) is 1.31. The molecule has 1 aliphatic heterocycles. The molecule has 7 heteroatoms. The van der Waals surface area contributed by atoms with Crippen molar-refractivity contribution in [2.24, 2.45) is 0 Å². The van der Waals surface area contributed by atoms with Crippen molar-refractivity contribution >= 4 is 11.9 Å². The molecule has 1 atom stereocenters. The maximum Gasteiger partial charge on any atom is 0.257 e. The molecule has 4 aromatic rings. The largest absolute Gasteiger partial charge is 0.491 e. The fourth-order valence-corrected chi connectivity index (χ4v) is 5.57. The number of aryl methyl sites for hydroxylation is 1. The van der Waals surface area contributed by atoms with Gasteiger partial charge in [-0.1, -0.05) is 78.4 Å². The van der Waals surface area contributed by atoms with Crippen molar-refractivity contribution in [1.82, 2.24) is 19.8 Å². The number of hydrogen-bond donors (Lipinski definition) is 1. The highest BCUT2D eigenvalue weighted by atomic mass is 16.5. The molecule has 0 saturated heterocycles. The molecule has 1 aromatic heterocycles. The zero-order valence-electron chi connectivity index (χ0n) is 24.0. The number of rotatable bonds is 3. The number of benzene rings is 3. The number of anilines is 1. The molecule has 1 unspecified atom stereocenters. The Kier molecular flexibility index (Phi) is 9.26. The second kappa shape index (κ2) is 13.4. The minimum absolute atomic E-state index is 0.111. The van der Waals surface area contributed by atoms with Gasteiger partial charge in [-0.15, -0.1) is 0 Å². The first-order valence-corrected chi connectivity index (χ1v) is 14.4. The van der Waals surface area contributed by atoms with Crippen LogP contribution in [0.15, 0.2) is 85.1 Å². The molecular weight excluding hydrogens is 510 g/mol. The Labute approximate surface area is 243 Å². The van der Waals surface area contributed by atoms with Crippen molar-refractivity contribution < 1.29 is 9.53 Å². The molecule has 5 rings (SSSR count). The van der Waals surface area contributed by atoms with Gasteiger partial charge in [0.1, 0.15) is 12.4 Å². The van der Waals surface area contributed by atoms with Crippen molar-refractivity contribution in [3.05, 3.63) is 107 Å². The van der Waals surface area contributed by atoms with Gasteiger partial charge in [0, 0.05) is 30.4 Å². The van der Waals surface area contributed by atoms with Crippen LogP contribution in [0.5, 0.6) is 5.75 Å². The van der Waals surface area contributed by atoms with E-state index in [-0.39, 0.29) is 11.9 Å². The second-order valence-corrected chi connectivity index (χ2v) is 10.9. The molecule has 1 amide bonds. The molecular formula is C34H39N5O2. The van der Waals surface area contributed by atoms with Crippen LogP contribution in [0.4, 0.5) is 5.95 Å². The van der Waals surface area contributed by atoms with Crippen LogP contribution < -0.4 is 10.5 Å². The molecule has 1 aliphatic rings. The van der Waals surface area contributed by atoms with Gasteiger partial charge in [-0.05, 0) is 57.3 Å². The number of amides is 1. The monoisotopic (exact) mass is 549 g/mol. The summed E-state index contributed by atoms with van der Waals surface area (Å²) in [6.45, 7) is 5.35. The van der Waals surface area contributed by atoms with Crippen molar-refractivity contribution in [2.45, 2.75) is 38.6 Å². The topological polar surface area (TPSA) is 84.6 Å². The standard InChI is InChI=1S/C34H39N5O2/c1-25-15-16-31-29(22-25)24-38(2)19-17-27(26-10-5-3-6-11-26)14-9-18-39(20-21-41-31)33(40)30-23-36-34(35)37-32(30)28-12-7-4-8-13-28/h3-8,10-13,15-16,22-23,27H,9,14,17-21,24H2,1-2H3,(H2,35,36,37). The van der Waals surface area contributed by atoms with Crippen LogP contribution in [-0.2, 0) is 6.54 Å². The van der Waals surface area contributed by atoms with Crippen LogP contribution in [0.1, 0.15) is 52.2 Å². The van der Waals surface area contributed by atoms with Gasteiger partial charge in [0.05, 0.1) is 17.8 Å². The summed E-state index contributed by atoms with van der Waals surface area (Å²) < 4.78 is 6.30. The Morgan fingerprint density at radius 2 is 1.71 bits per heavy atom. The van der Waals surface area contributed by atoms with Gasteiger partial charge in [0.25, 0.3) is 5.91 Å². The summed E-state index contributed by atoms with van der Waals surface area (Å²) in [5.41, 5.74) is 11.5. The van der Waals surface area contributed by atoms with Gasteiger partial charge in [-0.3, -0.25) is 4.79 Å². The predicted octanol–water partition coefficient (Wildman–Crippen LogP) is 5.95. The van der Waals surface area contributed by atoms with E-state index in [1.807, 2.05) is 41.3 Å². The first-order valence-electron chi connectivity index (χ1n) is 14.4. The van der Waals surface area contributed by atoms with Gasteiger partial charge < -0.3 is 20.3 Å². The van der Waals surface area contributed by atoms with Gasteiger partial charge >= 0.3 is 0 Å². The number of nitrogens with zero attached hydrogens (tertiary/aromatic N) is 4. The van der Waals surface area contributed by atoms with Crippen LogP contribution in [0.2, 0.25) is 0 Å². The highest BCUT2D eigenvalue weighted by molar-refractivity contribution is 5.99.